The Morgan fingerprint density at radius 2 is 2.05 bits per heavy atom. The summed E-state index contributed by atoms with van der Waals surface area (Å²) in [6.07, 6.45) is 3.26. The van der Waals surface area contributed by atoms with Gasteiger partial charge >= 0.3 is 0 Å². The maximum Gasteiger partial charge on any atom is 0.204 e. The molecule has 0 fully saturated rings. The molecule has 100 valence electrons. The van der Waals surface area contributed by atoms with Crippen LogP contribution >= 0.6 is 0 Å². The first-order chi connectivity index (χ1) is 9.36. The Morgan fingerprint density at radius 3 is 2.74 bits per heavy atom. The Morgan fingerprint density at radius 1 is 1.26 bits per heavy atom. The number of aryl methyl sites for hydroxylation is 1. The Hall–Kier alpha value is -2.24. The van der Waals surface area contributed by atoms with Crippen molar-refractivity contribution in [2.45, 2.75) is 32.7 Å². The lowest BCUT2D eigenvalue weighted by Gasteiger charge is -2.05. The molecule has 0 amide bonds. The zero-order chi connectivity index (χ0) is 13.5. The van der Waals surface area contributed by atoms with Crippen molar-refractivity contribution < 1.29 is 5.21 Å². The Kier molecular flexibility index (Phi) is 4.60. The summed E-state index contributed by atoms with van der Waals surface area (Å²) in [5.74, 6) is 0.491. The molecular weight excluding hydrogens is 242 g/mol. The fourth-order valence-electron chi connectivity index (χ4n) is 1.86. The second-order valence-electron chi connectivity index (χ2n) is 4.25. The van der Waals surface area contributed by atoms with Crippen molar-refractivity contribution in [3.8, 4) is 0 Å². The lowest BCUT2D eigenvalue weighted by molar-refractivity contribution is 0.319. The summed E-state index contributed by atoms with van der Waals surface area (Å²) in [6, 6.07) is 9.39. The average Bonchev–Trinajstić information content (AvgIpc) is 2.90. The highest BCUT2D eigenvalue weighted by molar-refractivity contribution is 6.10. The molecule has 6 heteroatoms. The summed E-state index contributed by atoms with van der Waals surface area (Å²) < 4.78 is 1.68. The molecule has 19 heavy (non-hydrogen) atoms. The molecule has 2 aromatic rings. The summed E-state index contributed by atoms with van der Waals surface area (Å²) in [7, 11) is 0. The average molecular weight is 259 g/mol. The summed E-state index contributed by atoms with van der Waals surface area (Å²) >= 11 is 0. The third-order valence-corrected chi connectivity index (χ3v) is 2.86. The lowest BCUT2D eigenvalue weighted by atomic mass is 10.1. The maximum absolute atomic E-state index is 9.23. The molecule has 0 aliphatic rings. The van der Waals surface area contributed by atoms with Gasteiger partial charge in [0.05, 0.1) is 0 Å². The first kappa shape index (κ1) is 13.2. The minimum atomic E-state index is 0.391. The van der Waals surface area contributed by atoms with E-state index in [0.29, 0.717) is 11.5 Å². The van der Waals surface area contributed by atoms with E-state index in [1.807, 2.05) is 30.3 Å². The second-order valence-corrected chi connectivity index (χ2v) is 4.25. The van der Waals surface area contributed by atoms with Crippen molar-refractivity contribution in [1.29, 1.82) is 0 Å². The largest absolute Gasteiger partial charge is 0.410 e. The van der Waals surface area contributed by atoms with Gasteiger partial charge in [-0.05, 0) is 16.8 Å². The first-order valence-corrected chi connectivity index (χ1v) is 6.40. The standard InChI is InChI=1S/C13H17N5O/c1-2-3-7-10-18-13(14-16-17-18)12(15-19)11-8-5-4-6-9-11/h4-6,8-9,19H,2-3,7,10H2,1H3/b15-12-. The number of unbranched alkanes of at least 4 members (excludes halogenated alkanes) is 2. The van der Waals surface area contributed by atoms with Crippen LogP contribution in [0.1, 0.15) is 37.6 Å². The molecule has 1 aromatic carbocycles. The van der Waals surface area contributed by atoms with Crippen molar-refractivity contribution in [2.24, 2.45) is 5.16 Å². The smallest absolute Gasteiger partial charge is 0.204 e. The number of nitrogens with zero attached hydrogens (tertiary/aromatic N) is 5. The van der Waals surface area contributed by atoms with Crippen LogP contribution in [0.3, 0.4) is 0 Å². The zero-order valence-electron chi connectivity index (χ0n) is 10.9. The highest BCUT2D eigenvalue weighted by Crippen LogP contribution is 2.08. The normalized spacial score (nSPS) is 11.7. The van der Waals surface area contributed by atoms with E-state index in [0.717, 1.165) is 31.4 Å². The molecule has 0 spiro atoms. The number of hydrogen-bond donors (Lipinski definition) is 1. The molecule has 6 nitrogen and oxygen atoms in total. The van der Waals surface area contributed by atoms with Crippen molar-refractivity contribution in [3.05, 3.63) is 41.7 Å². The Balaban J connectivity index is 2.23. The number of aromatic nitrogens is 4. The van der Waals surface area contributed by atoms with Crippen LogP contribution in [0.4, 0.5) is 0 Å². The van der Waals surface area contributed by atoms with Crippen LogP contribution in [0.5, 0.6) is 0 Å². The van der Waals surface area contributed by atoms with Crippen LogP contribution in [-0.4, -0.2) is 31.1 Å². The van der Waals surface area contributed by atoms with Gasteiger partial charge in [0, 0.05) is 12.1 Å². The SMILES string of the molecule is CCCCCn1nnnc1/C(=N\O)c1ccccc1. The van der Waals surface area contributed by atoms with Gasteiger partial charge in [0.1, 0.15) is 0 Å². The van der Waals surface area contributed by atoms with Crippen molar-refractivity contribution >= 4 is 5.71 Å². The van der Waals surface area contributed by atoms with Gasteiger partial charge in [0.15, 0.2) is 5.71 Å². The van der Waals surface area contributed by atoms with E-state index in [1.165, 1.54) is 0 Å². The van der Waals surface area contributed by atoms with Gasteiger partial charge in [-0.1, -0.05) is 55.3 Å². The van der Waals surface area contributed by atoms with Gasteiger partial charge in [-0.25, -0.2) is 4.68 Å². The van der Waals surface area contributed by atoms with Crippen LogP contribution < -0.4 is 0 Å². The number of oxime groups is 1. The zero-order valence-corrected chi connectivity index (χ0v) is 10.9. The second kappa shape index (κ2) is 6.63. The van der Waals surface area contributed by atoms with Gasteiger partial charge in [-0.15, -0.1) is 5.10 Å². The first-order valence-electron chi connectivity index (χ1n) is 6.40. The minimum Gasteiger partial charge on any atom is -0.410 e. The maximum atomic E-state index is 9.23. The summed E-state index contributed by atoms with van der Waals surface area (Å²) in [5, 5.41) is 24.1. The van der Waals surface area contributed by atoms with Gasteiger partial charge in [0.2, 0.25) is 5.82 Å². The van der Waals surface area contributed by atoms with Crippen LogP contribution in [-0.2, 0) is 6.54 Å². The predicted octanol–water partition coefficient (Wildman–Crippen LogP) is 2.09. The molecule has 0 radical (unpaired) electrons. The fraction of sp³-hybridized carbons (Fsp3) is 0.385. The molecule has 0 bridgehead atoms. The number of hydrogen-bond acceptors (Lipinski definition) is 5. The quantitative estimate of drug-likeness (QED) is 0.373. The van der Waals surface area contributed by atoms with Crippen LogP contribution in [0.2, 0.25) is 0 Å². The van der Waals surface area contributed by atoms with Crippen molar-refractivity contribution in [2.75, 3.05) is 0 Å². The van der Waals surface area contributed by atoms with Crippen molar-refractivity contribution in [3.63, 3.8) is 0 Å². The fourth-order valence-corrected chi connectivity index (χ4v) is 1.86. The van der Waals surface area contributed by atoms with Crippen LogP contribution in [0.25, 0.3) is 0 Å². The van der Waals surface area contributed by atoms with E-state index in [-0.39, 0.29) is 0 Å². The van der Waals surface area contributed by atoms with Crippen LogP contribution in [0.15, 0.2) is 35.5 Å². The highest BCUT2D eigenvalue weighted by atomic mass is 16.4. The van der Waals surface area contributed by atoms with E-state index >= 15 is 0 Å². The summed E-state index contributed by atoms with van der Waals surface area (Å²) in [5.41, 5.74) is 1.18. The Bertz CT molecular complexity index is 535. The van der Waals surface area contributed by atoms with Gasteiger partial charge in [-0.3, -0.25) is 0 Å². The highest BCUT2D eigenvalue weighted by Gasteiger charge is 2.15. The summed E-state index contributed by atoms with van der Waals surface area (Å²) in [6.45, 7) is 2.87. The van der Waals surface area contributed by atoms with E-state index in [4.69, 9.17) is 0 Å². The summed E-state index contributed by atoms with van der Waals surface area (Å²) in [4.78, 5) is 0. The number of tetrazole rings is 1. The topological polar surface area (TPSA) is 76.2 Å². The molecule has 0 saturated carbocycles. The molecule has 0 saturated heterocycles. The molecule has 1 N–H and O–H groups in total. The number of benzene rings is 1. The van der Waals surface area contributed by atoms with E-state index in [2.05, 4.69) is 27.6 Å². The molecular formula is C13H17N5O. The molecule has 1 heterocycles. The van der Waals surface area contributed by atoms with Gasteiger partial charge in [0.25, 0.3) is 0 Å². The molecule has 0 aliphatic carbocycles. The third kappa shape index (κ3) is 3.15. The predicted molar refractivity (Wildman–Crippen MR) is 71.2 cm³/mol. The van der Waals surface area contributed by atoms with Gasteiger partial charge in [-0.2, -0.15) is 0 Å². The van der Waals surface area contributed by atoms with E-state index in [1.54, 1.807) is 4.68 Å². The molecule has 0 unspecified atom stereocenters. The monoisotopic (exact) mass is 259 g/mol. The third-order valence-electron chi connectivity index (χ3n) is 2.86. The van der Waals surface area contributed by atoms with E-state index < -0.39 is 0 Å². The van der Waals surface area contributed by atoms with Crippen LogP contribution in [0, 0.1) is 0 Å². The number of rotatable bonds is 6. The molecule has 1 aromatic heterocycles. The molecule has 0 atom stereocenters. The molecule has 0 aliphatic heterocycles. The van der Waals surface area contributed by atoms with E-state index in [9.17, 15) is 5.21 Å². The minimum absolute atomic E-state index is 0.391. The lowest BCUT2D eigenvalue weighted by Crippen LogP contribution is -2.14. The van der Waals surface area contributed by atoms with Crippen molar-refractivity contribution in [1.82, 2.24) is 20.2 Å². The molecule has 2 rings (SSSR count). The Labute approximate surface area is 111 Å². The van der Waals surface area contributed by atoms with Gasteiger partial charge < -0.3 is 5.21 Å².